The van der Waals surface area contributed by atoms with E-state index in [2.05, 4.69) is 4.98 Å². The van der Waals surface area contributed by atoms with Crippen LogP contribution in [0.3, 0.4) is 0 Å². The fourth-order valence-corrected chi connectivity index (χ4v) is 1.69. The Bertz CT molecular complexity index is 654. The summed E-state index contributed by atoms with van der Waals surface area (Å²) in [6.07, 6.45) is 2.79. The number of nitro groups is 1. The molecule has 0 N–H and O–H groups in total. The number of hydrogen-bond donors (Lipinski definition) is 0. The third kappa shape index (κ3) is 2.54. The summed E-state index contributed by atoms with van der Waals surface area (Å²) in [6.45, 7) is 0.226. The van der Waals surface area contributed by atoms with Gasteiger partial charge >= 0.3 is 0 Å². The Morgan fingerprint density at radius 2 is 2.17 bits per heavy atom. The van der Waals surface area contributed by atoms with Gasteiger partial charge in [-0.25, -0.2) is 4.98 Å². The molecule has 0 saturated carbocycles. The lowest BCUT2D eigenvalue weighted by Gasteiger charge is -2.06. The lowest BCUT2D eigenvalue weighted by Crippen LogP contribution is -2.19. The number of non-ortho nitro benzene ring substituents is 1. The summed E-state index contributed by atoms with van der Waals surface area (Å²) in [5.74, 6) is 0. The lowest BCUT2D eigenvalue weighted by atomic mass is 10.2. The second-order valence-electron chi connectivity index (χ2n) is 3.58. The topological polar surface area (TPSA) is 78.0 Å². The van der Waals surface area contributed by atoms with Crippen LogP contribution in [0.15, 0.2) is 41.6 Å². The molecule has 0 spiro atoms. The fourth-order valence-electron chi connectivity index (χ4n) is 1.46. The Morgan fingerprint density at radius 1 is 1.39 bits per heavy atom. The van der Waals surface area contributed by atoms with E-state index in [-0.39, 0.29) is 22.8 Å². The molecule has 2 rings (SSSR count). The van der Waals surface area contributed by atoms with Crippen molar-refractivity contribution in [2.45, 2.75) is 6.54 Å². The molecule has 0 amide bonds. The van der Waals surface area contributed by atoms with E-state index in [4.69, 9.17) is 11.6 Å². The summed E-state index contributed by atoms with van der Waals surface area (Å²) in [6, 6.07) is 5.47. The minimum Gasteiger partial charge on any atom is -0.295 e. The first-order chi connectivity index (χ1) is 8.58. The molecule has 0 unspecified atom stereocenters. The quantitative estimate of drug-likeness (QED) is 0.627. The van der Waals surface area contributed by atoms with Gasteiger partial charge in [-0.2, -0.15) is 0 Å². The highest BCUT2D eigenvalue weighted by molar-refractivity contribution is 6.31. The van der Waals surface area contributed by atoms with Gasteiger partial charge in [-0.05, 0) is 11.6 Å². The van der Waals surface area contributed by atoms with Crippen molar-refractivity contribution in [3.63, 3.8) is 0 Å². The van der Waals surface area contributed by atoms with Crippen LogP contribution in [0.25, 0.3) is 0 Å². The smallest absolute Gasteiger partial charge is 0.270 e. The molecule has 1 heterocycles. The predicted molar refractivity (Wildman–Crippen MR) is 65.7 cm³/mol. The molecule has 2 aromatic rings. The van der Waals surface area contributed by atoms with Crippen molar-refractivity contribution in [2.24, 2.45) is 0 Å². The molecule has 1 aromatic heterocycles. The zero-order chi connectivity index (χ0) is 13.1. The van der Waals surface area contributed by atoms with Gasteiger partial charge in [0.25, 0.3) is 11.2 Å². The monoisotopic (exact) mass is 265 g/mol. The molecule has 0 saturated heterocycles. The maximum atomic E-state index is 11.5. The Labute approximate surface area is 107 Å². The third-order valence-electron chi connectivity index (χ3n) is 2.38. The largest absolute Gasteiger partial charge is 0.295 e. The van der Waals surface area contributed by atoms with Crippen LogP contribution in [0.1, 0.15) is 5.56 Å². The number of hydrogen-bond acceptors (Lipinski definition) is 4. The molecule has 0 atom stereocenters. The summed E-state index contributed by atoms with van der Waals surface area (Å²) in [5.41, 5.74) is 0.332. The lowest BCUT2D eigenvalue weighted by molar-refractivity contribution is -0.384. The molecule has 0 aliphatic heterocycles. The second-order valence-corrected chi connectivity index (χ2v) is 3.99. The molecule has 0 aliphatic rings. The number of nitrogens with zero attached hydrogens (tertiary/aromatic N) is 3. The van der Waals surface area contributed by atoms with Crippen molar-refractivity contribution in [3.8, 4) is 0 Å². The number of rotatable bonds is 3. The van der Waals surface area contributed by atoms with Crippen LogP contribution in [-0.4, -0.2) is 14.5 Å². The highest BCUT2D eigenvalue weighted by Crippen LogP contribution is 2.22. The number of nitro benzene ring substituents is 1. The molecule has 7 heteroatoms. The minimum atomic E-state index is -0.522. The van der Waals surface area contributed by atoms with Crippen molar-refractivity contribution in [1.82, 2.24) is 9.55 Å². The number of halogens is 1. The predicted octanol–water partition coefficient (Wildman–Crippen LogP) is 1.85. The summed E-state index contributed by atoms with van der Waals surface area (Å²) in [7, 11) is 0. The number of aromatic nitrogens is 2. The maximum Gasteiger partial charge on any atom is 0.270 e. The van der Waals surface area contributed by atoms with Gasteiger partial charge < -0.3 is 0 Å². The Morgan fingerprint density at radius 3 is 2.78 bits per heavy atom. The average Bonchev–Trinajstić information content (AvgIpc) is 2.34. The molecule has 0 bridgehead atoms. The standard InChI is InChI=1S/C11H8ClN3O3/c12-10-5-9(15(17)18)2-1-8(10)6-14-7-13-4-3-11(14)16/h1-5,7H,6H2. The Kier molecular flexibility index (Phi) is 3.38. The summed E-state index contributed by atoms with van der Waals surface area (Å²) < 4.78 is 1.37. The van der Waals surface area contributed by atoms with Crippen LogP contribution in [0.5, 0.6) is 0 Å². The Balaban J connectivity index is 2.33. The maximum absolute atomic E-state index is 11.5. The van der Waals surface area contributed by atoms with Gasteiger partial charge in [0.1, 0.15) is 0 Å². The van der Waals surface area contributed by atoms with E-state index < -0.39 is 4.92 Å². The summed E-state index contributed by atoms with van der Waals surface area (Å²) >= 11 is 5.94. The first kappa shape index (κ1) is 12.3. The van der Waals surface area contributed by atoms with Crippen LogP contribution in [0, 0.1) is 10.1 Å². The fraction of sp³-hybridized carbons (Fsp3) is 0.0909. The van der Waals surface area contributed by atoms with E-state index in [1.807, 2.05) is 0 Å². The van der Waals surface area contributed by atoms with E-state index >= 15 is 0 Å². The summed E-state index contributed by atoms with van der Waals surface area (Å²) in [5, 5.41) is 10.8. The second kappa shape index (κ2) is 4.97. The molecule has 0 fully saturated rings. The highest BCUT2D eigenvalue weighted by atomic mass is 35.5. The van der Waals surface area contributed by atoms with Gasteiger partial charge in [-0.3, -0.25) is 19.5 Å². The minimum absolute atomic E-state index is 0.0812. The molecular formula is C11H8ClN3O3. The molecule has 1 aromatic carbocycles. The Hall–Kier alpha value is -2.21. The molecular weight excluding hydrogens is 258 g/mol. The zero-order valence-corrected chi connectivity index (χ0v) is 9.87. The van der Waals surface area contributed by atoms with Crippen LogP contribution in [0.4, 0.5) is 5.69 Å². The highest BCUT2D eigenvalue weighted by Gasteiger charge is 2.09. The zero-order valence-electron chi connectivity index (χ0n) is 9.12. The van der Waals surface area contributed by atoms with Crippen molar-refractivity contribution >= 4 is 17.3 Å². The van der Waals surface area contributed by atoms with E-state index in [1.165, 1.54) is 41.4 Å². The van der Waals surface area contributed by atoms with E-state index in [1.54, 1.807) is 0 Å². The van der Waals surface area contributed by atoms with Crippen molar-refractivity contribution in [1.29, 1.82) is 0 Å². The molecule has 18 heavy (non-hydrogen) atoms. The van der Waals surface area contributed by atoms with Crippen LogP contribution in [-0.2, 0) is 6.54 Å². The first-order valence-corrected chi connectivity index (χ1v) is 5.39. The molecule has 92 valence electrons. The average molecular weight is 266 g/mol. The van der Waals surface area contributed by atoms with Crippen molar-refractivity contribution in [2.75, 3.05) is 0 Å². The van der Waals surface area contributed by atoms with Gasteiger partial charge in [0, 0.05) is 24.4 Å². The SMILES string of the molecule is O=c1ccncn1Cc1ccc([N+](=O)[O-])cc1Cl. The van der Waals surface area contributed by atoms with E-state index in [9.17, 15) is 14.9 Å². The van der Waals surface area contributed by atoms with Crippen LogP contribution >= 0.6 is 11.6 Å². The summed E-state index contributed by atoms with van der Waals surface area (Å²) in [4.78, 5) is 25.3. The molecule has 0 radical (unpaired) electrons. The van der Waals surface area contributed by atoms with Gasteiger partial charge in [-0.1, -0.05) is 11.6 Å². The van der Waals surface area contributed by atoms with E-state index in [0.717, 1.165) is 0 Å². The van der Waals surface area contributed by atoms with Gasteiger partial charge in [0.2, 0.25) is 0 Å². The van der Waals surface area contributed by atoms with Gasteiger partial charge in [-0.15, -0.1) is 0 Å². The van der Waals surface area contributed by atoms with Gasteiger partial charge in [0.05, 0.1) is 22.8 Å². The third-order valence-corrected chi connectivity index (χ3v) is 2.73. The number of benzene rings is 1. The van der Waals surface area contributed by atoms with Crippen molar-refractivity contribution in [3.05, 3.63) is 67.8 Å². The van der Waals surface area contributed by atoms with Crippen LogP contribution < -0.4 is 5.56 Å². The van der Waals surface area contributed by atoms with Crippen LogP contribution in [0.2, 0.25) is 5.02 Å². The molecule has 0 aliphatic carbocycles. The first-order valence-electron chi connectivity index (χ1n) is 5.01. The van der Waals surface area contributed by atoms with Gasteiger partial charge in [0.15, 0.2) is 0 Å². The van der Waals surface area contributed by atoms with Crippen molar-refractivity contribution < 1.29 is 4.92 Å². The normalized spacial score (nSPS) is 10.3. The molecule has 6 nitrogen and oxygen atoms in total. The van der Waals surface area contributed by atoms with E-state index in [0.29, 0.717) is 5.56 Å².